The Hall–Kier alpha value is -3.98. The fourth-order valence-electron chi connectivity index (χ4n) is 5.30. The summed E-state index contributed by atoms with van der Waals surface area (Å²) in [4.78, 5) is 40.7. The number of ether oxygens (including phenoxy) is 2. The smallest absolute Gasteiger partial charge is 0.337 e. The van der Waals surface area contributed by atoms with Gasteiger partial charge >= 0.3 is 11.9 Å². The third-order valence-corrected chi connectivity index (χ3v) is 7.12. The molecule has 1 saturated heterocycles. The molecule has 0 aromatic heterocycles. The van der Waals surface area contributed by atoms with E-state index in [4.69, 9.17) is 9.47 Å². The number of nitro benzene ring substituents is 1. The summed E-state index contributed by atoms with van der Waals surface area (Å²) in [6, 6.07) is 15.7. The number of likely N-dealkylation sites (tertiary alicyclic amines) is 1. The van der Waals surface area contributed by atoms with Crippen LogP contribution in [0, 0.1) is 10.1 Å². The lowest BCUT2D eigenvalue weighted by Gasteiger charge is -2.33. The van der Waals surface area contributed by atoms with Crippen LogP contribution in [0.1, 0.15) is 56.3 Å². The van der Waals surface area contributed by atoms with Crippen LogP contribution in [0.4, 0.5) is 5.69 Å². The lowest BCUT2D eigenvalue weighted by atomic mass is 9.79. The molecule has 2 heterocycles. The fraction of sp³-hybridized carbons (Fsp3) is 0.379. The predicted octanol–water partition coefficient (Wildman–Crippen LogP) is 4.77. The van der Waals surface area contributed by atoms with Gasteiger partial charge in [-0.3, -0.25) is 15.0 Å². The molecule has 4 rings (SSSR count). The highest BCUT2D eigenvalue weighted by atomic mass is 16.6. The number of hydrogen-bond acceptors (Lipinski definition) is 8. The van der Waals surface area contributed by atoms with Crippen molar-refractivity contribution < 1.29 is 24.0 Å². The highest BCUT2D eigenvalue weighted by molar-refractivity contribution is 6.00. The average Bonchev–Trinajstić information content (AvgIpc) is 2.92. The van der Waals surface area contributed by atoms with Gasteiger partial charge in [0.2, 0.25) is 0 Å². The quantitative estimate of drug-likeness (QED) is 0.302. The number of methoxy groups -OCH3 is 1. The number of rotatable bonds is 8. The second-order valence-electron chi connectivity index (χ2n) is 9.61. The normalized spacial score (nSPS) is 19.0. The zero-order chi connectivity index (χ0) is 27.2. The second kappa shape index (κ2) is 12.0. The molecule has 2 aromatic carbocycles. The number of benzene rings is 2. The number of piperidine rings is 1. The van der Waals surface area contributed by atoms with E-state index < -0.39 is 28.9 Å². The zero-order valence-corrected chi connectivity index (χ0v) is 21.9. The van der Waals surface area contributed by atoms with Crippen molar-refractivity contribution in [3.8, 4) is 0 Å². The van der Waals surface area contributed by atoms with Crippen LogP contribution in [0.3, 0.4) is 0 Å². The van der Waals surface area contributed by atoms with Gasteiger partial charge < -0.3 is 14.8 Å². The topological polar surface area (TPSA) is 111 Å². The molecule has 1 N–H and O–H groups in total. The van der Waals surface area contributed by atoms with E-state index in [9.17, 15) is 19.7 Å². The lowest BCUT2D eigenvalue weighted by molar-refractivity contribution is -0.385. The van der Waals surface area contributed by atoms with E-state index in [0.29, 0.717) is 17.9 Å². The molecule has 2 unspecified atom stereocenters. The minimum Gasteiger partial charge on any atom is -0.466 e. The van der Waals surface area contributed by atoms with Crippen LogP contribution < -0.4 is 5.32 Å². The first-order valence-corrected chi connectivity index (χ1v) is 12.8. The van der Waals surface area contributed by atoms with Crippen LogP contribution in [0.15, 0.2) is 77.1 Å². The van der Waals surface area contributed by atoms with E-state index in [1.807, 2.05) is 30.3 Å². The molecule has 200 valence electrons. The Balaban J connectivity index is 1.76. The van der Waals surface area contributed by atoms with Crippen molar-refractivity contribution in [2.45, 2.75) is 45.1 Å². The van der Waals surface area contributed by atoms with Crippen LogP contribution in [0.2, 0.25) is 0 Å². The molecule has 9 nitrogen and oxygen atoms in total. The standard InChI is InChI=1S/C29H33N3O6/c1-19-25(28(33)37-3)27(22-14-8-9-15-23(22)32(35)36)26(20(2)30-19)29(34)38-24(21-12-6-4-7-13-21)18-31-16-10-5-11-17-31/h4,6-9,12-15,24,27,30H,5,10-11,16-18H2,1-3H3. The zero-order valence-electron chi connectivity index (χ0n) is 21.9. The highest BCUT2D eigenvalue weighted by Gasteiger charge is 2.41. The van der Waals surface area contributed by atoms with Gasteiger partial charge in [0.25, 0.3) is 5.69 Å². The van der Waals surface area contributed by atoms with E-state index in [1.165, 1.54) is 19.6 Å². The van der Waals surface area contributed by atoms with Crippen LogP contribution in [0.5, 0.6) is 0 Å². The molecule has 1 fully saturated rings. The molecule has 2 atom stereocenters. The summed E-state index contributed by atoms with van der Waals surface area (Å²) < 4.78 is 11.2. The lowest BCUT2D eigenvalue weighted by Crippen LogP contribution is -2.36. The van der Waals surface area contributed by atoms with Gasteiger partial charge in [0.05, 0.1) is 29.1 Å². The number of esters is 2. The molecule has 2 aromatic rings. The monoisotopic (exact) mass is 519 g/mol. The third kappa shape index (κ3) is 5.78. The molecule has 0 amide bonds. The van der Waals surface area contributed by atoms with Gasteiger partial charge in [-0.1, -0.05) is 55.0 Å². The molecule has 38 heavy (non-hydrogen) atoms. The van der Waals surface area contributed by atoms with Crippen LogP contribution in [0.25, 0.3) is 0 Å². The Bertz CT molecular complexity index is 1260. The van der Waals surface area contributed by atoms with Gasteiger partial charge in [0.15, 0.2) is 0 Å². The maximum Gasteiger partial charge on any atom is 0.337 e. The number of para-hydroxylation sites is 1. The van der Waals surface area contributed by atoms with Crippen molar-refractivity contribution in [3.63, 3.8) is 0 Å². The van der Waals surface area contributed by atoms with Crippen LogP contribution >= 0.6 is 0 Å². The van der Waals surface area contributed by atoms with E-state index in [1.54, 1.807) is 32.0 Å². The van der Waals surface area contributed by atoms with Gasteiger partial charge in [-0.05, 0) is 45.3 Å². The van der Waals surface area contributed by atoms with E-state index in [2.05, 4.69) is 10.2 Å². The molecule has 0 bridgehead atoms. The first-order valence-electron chi connectivity index (χ1n) is 12.8. The van der Waals surface area contributed by atoms with Crippen molar-refractivity contribution in [2.75, 3.05) is 26.7 Å². The van der Waals surface area contributed by atoms with Crippen molar-refractivity contribution >= 4 is 17.6 Å². The Morgan fingerprint density at radius 1 is 0.974 bits per heavy atom. The molecule has 0 radical (unpaired) electrons. The van der Waals surface area contributed by atoms with Gasteiger partial charge in [-0.15, -0.1) is 0 Å². The Kier molecular flexibility index (Phi) is 8.58. The molecule has 0 saturated carbocycles. The van der Waals surface area contributed by atoms with Gasteiger partial charge in [0, 0.05) is 29.6 Å². The highest BCUT2D eigenvalue weighted by Crippen LogP contribution is 2.43. The minimum absolute atomic E-state index is 0.131. The molecular weight excluding hydrogens is 486 g/mol. The summed E-state index contributed by atoms with van der Waals surface area (Å²) in [6.45, 7) is 5.78. The Labute approximate surface area is 222 Å². The number of nitrogens with zero attached hydrogens (tertiary/aromatic N) is 2. The summed E-state index contributed by atoms with van der Waals surface area (Å²) in [5, 5.41) is 15.0. The summed E-state index contributed by atoms with van der Waals surface area (Å²) in [6.07, 6.45) is 2.82. The number of carbonyl (C=O) groups is 2. The second-order valence-corrected chi connectivity index (χ2v) is 9.61. The number of dihydropyridines is 1. The van der Waals surface area contributed by atoms with Crippen molar-refractivity contribution in [1.29, 1.82) is 0 Å². The van der Waals surface area contributed by atoms with Crippen LogP contribution in [-0.4, -0.2) is 48.5 Å². The van der Waals surface area contributed by atoms with Gasteiger partial charge in [-0.2, -0.15) is 0 Å². The van der Waals surface area contributed by atoms with E-state index in [-0.39, 0.29) is 22.4 Å². The van der Waals surface area contributed by atoms with Crippen molar-refractivity contribution in [1.82, 2.24) is 10.2 Å². The summed E-state index contributed by atoms with van der Waals surface area (Å²) in [7, 11) is 1.24. The number of allylic oxidation sites excluding steroid dienone is 2. The van der Waals surface area contributed by atoms with Crippen molar-refractivity contribution in [3.05, 3.63) is 98.4 Å². The molecule has 0 spiro atoms. The molecule has 9 heteroatoms. The van der Waals surface area contributed by atoms with E-state index >= 15 is 0 Å². The Morgan fingerprint density at radius 2 is 1.58 bits per heavy atom. The number of nitrogens with one attached hydrogen (secondary N) is 1. The minimum atomic E-state index is -1.04. The number of hydrogen-bond donors (Lipinski definition) is 1. The first kappa shape index (κ1) is 27.1. The third-order valence-electron chi connectivity index (χ3n) is 7.12. The van der Waals surface area contributed by atoms with E-state index in [0.717, 1.165) is 31.5 Å². The molecular formula is C29H33N3O6. The first-order chi connectivity index (χ1) is 18.3. The SMILES string of the molecule is COC(=O)C1=C(C)NC(C)=C(C(=O)OC(CN2CCCCC2)c2ccccc2)C1c1ccccc1[N+](=O)[O-]. The molecule has 0 aliphatic carbocycles. The van der Waals surface area contributed by atoms with Crippen molar-refractivity contribution in [2.24, 2.45) is 0 Å². The summed E-state index contributed by atoms with van der Waals surface area (Å²) >= 11 is 0. The maximum atomic E-state index is 14.0. The summed E-state index contributed by atoms with van der Waals surface area (Å²) in [5.41, 5.74) is 2.08. The number of nitro groups is 1. The molecule has 2 aliphatic rings. The predicted molar refractivity (Wildman–Crippen MR) is 142 cm³/mol. The van der Waals surface area contributed by atoms with Gasteiger partial charge in [-0.25, -0.2) is 9.59 Å². The molecule has 2 aliphatic heterocycles. The van der Waals surface area contributed by atoms with Crippen LogP contribution in [-0.2, 0) is 19.1 Å². The Morgan fingerprint density at radius 3 is 2.21 bits per heavy atom. The largest absolute Gasteiger partial charge is 0.466 e. The summed E-state index contributed by atoms with van der Waals surface area (Å²) in [5.74, 6) is -2.36. The maximum absolute atomic E-state index is 14.0. The van der Waals surface area contributed by atoms with Gasteiger partial charge in [0.1, 0.15) is 6.10 Å². The number of carbonyl (C=O) groups excluding carboxylic acids is 2. The average molecular weight is 520 g/mol. The fourth-order valence-corrected chi connectivity index (χ4v) is 5.30.